The van der Waals surface area contributed by atoms with Gasteiger partial charge in [0.15, 0.2) is 5.78 Å². The molecular formula is C25H29ClF3N3O. The number of hydrogen-bond donors (Lipinski definition) is 0. The molecule has 0 aliphatic heterocycles. The molecule has 3 aromatic rings. The number of benzene rings is 1. The lowest BCUT2D eigenvalue weighted by Gasteiger charge is -2.20. The van der Waals surface area contributed by atoms with E-state index >= 15 is 0 Å². The largest absolute Gasteiger partial charge is 0.417 e. The predicted octanol–water partition coefficient (Wildman–Crippen LogP) is 7.24. The number of carbonyl (C=O) groups excluding carboxylic acids is 1. The summed E-state index contributed by atoms with van der Waals surface area (Å²) in [6, 6.07) is 6.06. The Bertz CT molecular complexity index is 1140. The summed E-state index contributed by atoms with van der Waals surface area (Å²) in [5.41, 5.74) is 3.14. The molecule has 0 aliphatic rings. The van der Waals surface area contributed by atoms with Crippen molar-refractivity contribution in [3.63, 3.8) is 0 Å². The normalized spacial score (nSPS) is 13.0. The lowest BCUT2D eigenvalue weighted by molar-refractivity contribution is -0.137. The highest BCUT2D eigenvalue weighted by Crippen LogP contribution is 2.33. The van der Waals surface area contributed by atoms with Gasteiger partial charge in [-0.25, -0.2) is 4.68 Å². The Labute approximate surface area is 197 Å². The van der Waals surface area contributed by atoms with E-state index in [1.165, 1.54) is 4.57 Å². The molecule has 0 spiro atoms. The van der Waals surface area contributed by atoms with Crippen molar-refractivity contribution in [2.75, 3.05) is 0 Å². The molecule has 0 bridgehead atoms. The van der Waals surface area contributed by atoms with E-state index in [-0.39, 0.29) is 18.1 Å². The number of rotatable bonds is 8. The Kier molecular flexibility index (Phi) is 7.42. The smallest absolute Gasteiger partial charge is 0.341 e. The zero-order chi connectivity index (χ0) is 24.5. The van der Waals surface area contributed by atoms with Crippen molar-refractivity contribution in [2.45, 2.75) is 72.0 Å². The Hall–Kier alpha value is -2.54. The van der Waals surface area contributed by atoms with Crippen LogP contribution < -0.4 is 0 Å². The topological polar surface area (TPSA) is 39.8 Å². The van der Waals surface area contributed by atoms with Crippen LogP contribution >= 0.6 is 11.6 Å². The van der Waals surface area contributed by atoms with Gasteiger partial charge in [-0.15, -0.1) is 0 Å². The Morgan fingerprint density at radius 2 is 1.88 bits per heavy atom. The third-order valence-corrected chi connectivity index (χ3v) is 6.25. The molecule has 1 atom stereocenters. The number of aromatic nitrogens is 3. The fourth-order valence-corrected chi connectivity index (χ4v) is 4.34. The van der Waals surface area contributed by atoms with Gasteiger partial charge >= 0.3 is 6.18 Å². The molecule has 0 N–H and O–H groups in total. The number of hydrogen-bond acceptors (Lipinski definition) is 2. The third kappa shape index (κ3) is 5.35. The summed E-state index contributed by atoms with van der Waals surface area (Å²) in [5, 5.41) is 5.19. The number of aryl methyl sites for hydroxylation is 2. The van der Waals surface area contributed by atoms with Crippen LogP contribution in [0.3, 0.4) is 0 Å². The van der Waals surface area contributed by atoms with Gasteiger partial charge < -0.3 is 4.57 Å². The van der Waals surface area contributed by atoms with Crippen LogP contribution in [0.25, 0.3) is 5.69 Å². The number of carbonyl (C=O) groups is 1. The van der Waals surface area contributed by atoms with Crippen LogP contribution in [0, 0.1) is 13.8 Å². The summed E-state index contributed by atoms with van der Waals surface area (Å²) in [6.45, 7) is 9.49. The zero-order valence-corrected chi connectivity index (χ0v) is 20.3. The first-order chi connectivity index (χ1) is 15.4. The average Bonchev–Trinajstić information content (AvgIpc) is 3.32. The predicted molar refractivity (Wildman–Crippen MR) is 124 cm³/mol. The van der Waals surface area contributed by atoms with Crippen molar-refractivity contribution >= 4 is 17.4 Å². The minimum Gasteiger partial charge on any atom is -0.341 e. The van der Waals surface area contributed by atoms with E-state index in [9.17, 15) is 18.0 Å². The maximum Gasteiger partial charge on any atom is 0.417 e. The summed E-state index contributed by atoms with van der Waals surface area (Å²) in [4.78, 5) is 13.4. The van der Waals surface area contributed by atoms with E-state index in [0.717, 1.165) is 34.8 Å². The molecule has 0 radical (unpaired) electrons. The van der Waals surface area contributed by atoms with Gasteiger partial charge in [-0.3, -0.25) is 4.79 Å². The molecule has 178 valence electrons. The lowest BCUT2D eigenvalue weighted by atomic mass is 9.97. The van der Waals surface area contributed by atoms with Gasteiger partial charge in [0.2, 0.25) is 0 Å². The molecule has 3 rings (SSSR count). The van der Waals surface area contributed by atoms with Gasteiger partial charge in [0.05, 0.1) is 29.2 Å². The second-order valence-corrected chi connectivity index (χ2v) is 9.18. The Morgan fingerprint density at radius 3 is 2.42 bits per heavy atom. The maximum atomic E-state index is 13.4. The van der Waals surface area contributed by atoms with Crippen molar-refractivity contribution in [1.29, 1.82) is 0 Å². The summed E-state index contributed by atoms with van der Waals surface area (Å²) in [5.74, 6) is -0.0425. The molecule has 0 saturated heterocycles. The standard InChI is InChI=1S/C25H29ClF3N3O/c1-6-7-22(31-14-19(11-17(31)5)25(27,28)29)23(33)12-18-13-30-32(24(18)15(2)3)20-8-9-21(26)16(4)10-20/h8-11,13-15,22H,6-7,12H2,1-5H3/t22-/m0/s1. The van der Waals surface area contributed by atoms with E-state index in [4.69, 9.17) is 11.6 Å². The third-order valence-electron chi connectivity index (χ3n) is 5.83. The molecule has 0 saturated carbocycles. The van der Waals surface area contributed by atoms with Gasteiger partial charge in [-0.05, 0) is 56.0 Å². The van der Waals surface area contributed by atoms with Crippen molar-refractivity contribution in [1.82, 2.24) is 14.3 Å². The number of Topliss-reactive ketones (excluding diaryl/α,β-unsaturated/α-hetero) is 1. The maximum absolute atomic E-state index is 13.4. The first-order valence-electron chi connectivity index (χ1n) is 11.1. The minimum absolute atomic E-state index is 0.0843. The second-order valence-electron chi connectivity index (χ2n) is 8.78. The van der Waals surface area contributed by atoms with Gasteiger partial charge in [0, 0.05) is 28.9 Å². The van der Waals surface area contributed by atoms with E-state index in [2.05, 4.69) is 5.10 Å². The molecular weight excluding hydrogens is 451 g/mol. The Balaban J connectivity index is 1.96. The van der Waals surface area contributed by atoms with Crippen LogP contribution in [0.5, 0.6) is 0 Å². The molecule has 0 fully saturated rings. The molecule has 8 heteroatoms. The highest BCUT2D eigenvalue weighted by Gasteiger charge is 2.34. The van der Waals surface area contributed by atoms with Gasteiger partial charge in [-0.1, -0.05) is 38.8 Å². The quantitative estimate of drug-likeness (QED) is 0.341. The zero-order valence-electron chi connectivity index (χ0n) is 19.5. The fourth-order valence-electron chi connectivity index (χ4n) is 4.22. The minimum atomic E-state index is -4.45. The van der Waals surface area contributed by atoms with Crippen LogP contribution in [0.2, 0.25) is 5.02 Å². The molecule has 33 heavy (non-hydrogen) atoms. The van der Waals surface area contributed by atoms with Crippen molar-refractivity contribution in [3.05, 3.63) is 69.8 Å². The van der Waals surface area contributed by atoms with E-state index < -0.39 is 17.8 Å². The van der Waals surface area contributed by atoms with Crippen molar-refractivity contribution in [2.24, 2.45) is 0 Å². The second kappa shape index (κ2) is 9.75. The van der Waals surface area contributed by atoms with E-state index in [1.807, 2.05) is 50.6 Å². The van der Waals surface area contributed by atoms with Crippen molar-refractivity contribution < 1.29 is 18.0 Å². The molecule has 2 heterocycles. The number of ketones is 1. The summed E-state index contributed by atoms with van der Waals surface area (Å²) in [7, 11) is 0. The van der Waals surface area contributed by atoms with Crippen LogP contribution in [0.15, 0.2) is 36.7 Å². The van der Waals surface area contributed by atoms with Crippen LogP contribution in [-0.4, -0.2) is 20.1 Å². The highest BCUT2D eigenvalue weighted by atomic mass is 35.5. The van der Waals surface area contributed by atoms with Gasteiger partial charge in [0.25, 0.3) is 0 Å². The van der Waals surface area contributed by atoms with E-state index in [1.54, 1.807) is 13.1 Å². The SMILES string of the molecule is CCC[C@@H](C(=O)Cc1cnn(-c2ccc(Cl)c(C)c2)c1C(C)C)n1cc(C(F)(F)F)cc1C. The van der Waals surface area contributed by atoms with E-state index in [0.29, 0.717) is 23.6 Å². The highest BCUT2D eigenvalue weighted by molar-refractivity contribution is 6.31. The average molecular weight is 480 g/mol. The van der Waals surface area contributed by atoms with Crippen LogP contribution in [-0.2, 0) is 17.4 Å². The lowest BCUT2D eigenvalue weighted by Crippen LogP contribution is -2.22. The number of alkyl halides is 3. The fraction of sp³-hybridized carbons (Fsp3) is 0.440. The summed E-state index contributed by atoms with van der Waals surface area (Å²) < 4.78 is 42.9. The monoisotopic (exact) mass is 479 g/mol. The molecule has 2 aromatic heterocycles. The first kappa shape index (κ1) is 25.1. The van der Waals surface area contributed by atoms with Crippen LogP contribution in [0.1, 0.15) is 73.7 Å². The van der Waals surface area contributed by atoms with Crippen LogP contribution in [0.4, 0.5) is 13.2 Å². The first-order valence-corrected chi connectivity index (χ1v) is 11.4. The van der Waals surface area contributed by atoms with Gasteiger partial charge in [-0.2, -0.15) is 18.3 Å². The molecule has 1 aromatic carbocycles. The number of halogens is 4. The molecule has 0 aliphatic carbocycles. The molecule has 0 unspecified atom stereocenters. The van der Waals surface area contributed by atoms with Gasteiger partial charge in [0.1, 0.15) is 0 Å². The number of nitrogens with zero attached hydrogens (tertiary/aromatic N) is 3. The summed E-state index contributed by atoms with van der Waals surface area (Å²) >= 11 is 6.16. The molecule has 0 amide bonds. The van der Waals surface area contributed by atoms with Crippen molar-refractivity contribution in [3.8, 4) is 5.69 Å². The summed E-state index contributed by atoms with van der Waals surface area (Å²) in [6.07, 6.45) is -0.466. The molecule has 4 nitrogen and oxygen atoms in total. The Morgan fingerprint density at radius 1 is 1.18 bits per heavy atom.